The molecule has 0 bridgehead atoms. The van der Waals surface area contributed by atoms with E-state index < -0.39 is 0 Å². The summed E-state index contributed by atoms with van der Waals surface area (Å²) < 4.78 is 0. The van der Waals surface area contributed by atoms with Crippen LogP contribution in [-0.4, -0.2) is 24.4 Å². The SMILES string of the molecule is Cc1cc(Cl)ccc1CC(=O)NC1CCNC(=O)CC1. The van der Waals surface area contributed by atoms with Gasteiger partial charge in [-0.3, -0.25) is 9.59 Å². The highest BCUT2D eigenvalue weighted by atomic mass is 35.5. The van der Waals surface area contributed by atoms with Crippen molar-refractivity contribution in [2.24, 2.45) is 0 Å². The number of carbonyl (C=O) groups excluding carboxylic acids is 2. The van der Waals surface area contributed by atoms with Gasteiger partial charge in [-0.1, -0.05) is 17.7 Å². The Labute approximate surface area is 123 Å². The monoisotopic (exact) mass is 294 g/mol. The van der Waals surface area contributed by atoms with Crippen LogP contribution in [0.4, 0.5) is 0 Å². The van der Waals surface area contributed by atoms with Crippen LogP contribution in [0.2, 0.25) is 5.02 Å². The van der Waals surface area contributed by atoms with Gasteiger partial charge in [0.05, 0.1) is 6.42 Å². The number of benzene rings is 1. The van der Waals surface area contributed by atoms with Crippen LogP contribution in [0.1, 0.15) is 30.4 Å². The molecule has 0 aromatic heterocycles. The summed E-state index contributed by atoms with van der Waals surface area (Å²) in [5.74, 6) is 0.0602. The minimum Gasteiger partial charge on any atom is -0.356 e. The number of halogens is 1. The smallest absolute Gasteiger partial charge is 0.224 e. The van der Waals surface area contributed by atoms with E-state index in [1.54, 1.807) is 6.07 Å². The van der Waals surface area contributed by atoms with Gasteiger partial charge in [-0.15, -0.1) is 0 Å². The molecule has 0 saturated carbocycles. The Morgan fingerprint density at radius 3 is 3.00 bits per heavy atom. The van der Waals surface area contributed by atoms with E-state index in [4.69, 9.17) is 11.6 Å². The minimum atomic E-state index is -0.00484. The Bertz CT molecular complexity index is 517. The third kappa shape index (κ3) is 4.23. The summed E-state index contributed by atoms with van der Waals surface area (Å²) >= 11 is 5.90. The predicted molar refractivity (Wildman–Crippen MR) is 78.7 cm³/mol. The van der Waals surface area contributed by atoms with Crippen molar-refractivity contribution in [3.63, 3.8) is 0 Å². The zero-order valence-electron chi connectivity index (χ0n) is 11.5. The van der Waals surface area contributed by atoms with E-state index in [0.717, 1.165) is 17.5 Å². The standard InChI is InChI=1S/C15H19ClN2O2/c1-10-8-12(16)3-2-11(10)9-15(20)18-13-4-5-14(19)17-7-6-13/h2-3,8,13H,4-7,9H2,1H3,(H,17,19)(H,18,20). The van der Waals surface area contributed by atoms with E-state index >= 15 is 0 Å². The molecular formula is C15H19ClN2O2. The second kappa shape index (κ2) is 6.75. The maximum atomic E-state index is 12.1. The molecule has 4 nitrogen and oxygen atoms in total. The molecule has 2 amide bonds. The van der Waals surface area contributed by atoms with Gasteiger partial charge in [0.15, 0.2) is 0 Å². The van der Waals surface area contributed by atoms with Gasteiger partial charge >= 0.3 is 0 Å². The first kappa shape index (κ1) is 14.9. The lowest BCUT2D eigenvalue weighted by Crippen LogP contribution is -2.36. The second-order valence-corrected chi connectivity index (χ2v) is 5.63. The molecule has 20 heavy (non-hydrogen) atoms. The van der Waals surface area contributed by atoms with Crippen LogP contribution < -0.4 is 10.6 Å². The molecular weight excluding hydrogens is 276 g/mol. The van der Waals surface area contributed by atoms with Gasteiger partial charge in [0.1, 0.15) is 0 Å². The third-order valence-electron chi connectivity index (χ3n) is 3.56. The van der Waals surface area contributed by atoms with E-state index in [1.807, 2.05) is 19.1 Å². The van der Waals surface area contributed by atoms with E-state index in [0.29, 0.717) is 30.8 Å². The van der Waals surface area contributed by atoms with Crippen molar-refractivity contribution < 1.29 is 9.59 Å². The van der Waals surface area contributed by atoms with Crippen molar-refractivity contribution in [3.05, 3.63) is 34.3 Å². The van der Waals surface area contributed by atoms with Gasteiger partial charge in [0.2, 0.25) is 11.8 Å². The molecule has 0 spiro atoms. The van der Waals surface area contributed by atoms with E-state index in [9.17, 15) is 9.59 Å². The molecule has 2 rings (SSSR count). The first-order chi connectivity index (χ1) is 9.54. The van der Waals surface area contributed by atoms with Crippen molar-refractivity contribution in [3.8, 4) is 0 Å². The first-order valence-corrected chi connectivity index (χ1v) is 7.23. The quantitative estimate of drug-likeness (QED) is 0.895. The molecule has 1 heterocycles. The number of carbonyl (C=O) groups is 2. The lowest BCUT2D eigenvalue weighted by Gasteiger charge is -2.16. The number of rotatable bonds is 3. The molecule has 108 valence electrons. The summed E-state index contributed by atoms with van der Waals surface area (Å²) in [5, 5.41) is 6.49. The van der Waals surface area contributed by atoms with Crippen LogP contribution >= 0.6 is 11.6 Å². The van der Waals surface area contributed by atoms with Crippen LogP contribution in [0.25, 0.3) is 0 Å². The third-order valence-corrected chi connectivity index (χ3v) is 3.79. The topological polar surface area (TPSA) is 58.2 Å². The van der Waals surface area contributed by atoms with E-state index in [-0.39, 0.29) is 17.9 Å². The largest absolute Gasteiger partial charge is 0.356 e. The Morgan fingerprint density at radius 2 is 2.25 bits per heavy atom. The van der Waals surface area contributed by atoms with Gasteiger partial charge < -0.3 is 10.6 Å². The highest BCUT2D eigenvalue weighted by Crippen LogP contribution is 2.16. The van der Waals surface area contributed by atoms with Gasteiger partial charge in [0, 0.05) is 24.0 Å². The maximum Gasteiger partial charge on any atom is 0.224 e. The van der Waals surface area contributed by atoms with Crippen LogP contribution in [0, 0.1) is 6.92 Å². The minimum absolute atomic E-state index is 0.00484. The number of hydrogen-bond donors (Lipinski definition) is 2. The van der Waals surface area contributed by atoms with E-state index in [1.165, 1.54) is 0 Å². The van der Waals surface area contributed by atoms with Crippen LogP contribution in [0.3, 0.4) is 0 Å². The van der Waals surface area contributed by atoms with Gasteiger partial charge in [-0.05, 0) is 43.0 Å². The molecule has 0 aliphatic carbocycles. The summed E-state index contributed by atoms with van der Waals surface area (Å²) in [6, 6.07) is 5.62. The molecule has 1 unspecified atom stereocenters. The first-order valence-electron chi connectivity index (χ1n) is 6.85. The highest BCUT2D eigenvalue weighted by Gasteiger charge is 2.18. The maximum absolute atomic E-state index is 12.1. The molecule has 1 aromatic carbocycles. The molecule has 1 aliphatic heterocycles. The van der Waals surface area contributed by atoms with E-state index in [2.05, 4.69) is 10.6 Å². The summed E-state index contributed by atoms with van der Waals surface area (Å²) in [6.45, 7) is 2.58. The van der Waals surface area contributed by atoms with Gasteiger partial charge in [-0.2, -0.15) is 0 Å². The lowest BCUT2D eigenvalue weighted by atomic mass is 10.0. The molecule has 1 fully saturated rings. The zero-order valence-corrected chi connectivity index (χ0v) is 12.3. The Balaban J connectivity index is 1.90. The fourth-order valence-corrected chi connectivity index (χ4v) is 2.60. The number of hydrogen-bond acceptors (Lipinski definition) is 2. The normalized spacial score (nSPS) is 19.1. The van der Waals surface area contributed by atoms with Crippen LogP contribution in [0.5, 0.6) is 0 Å². The summed E-state index contributed by atoms with van der Waals surface area (Å²) in [4.78, 5) is 23.3. The molecule has 1 atom stereocenters. The Morgan fingerprint density at radius 1 is 1.45 bits per heavy atom. The van der Waals surface area contributed by atoms with Crippen molar-refractivity contribution >= 4 is 23.4 Å². The lowest BCUT2D eigenvalue weighted by molar-refractivity contribution is -0.122. The van der Waals surface area contributed by atoms with Gasteiger partial charge in [-0.25, -0.2) is 0 Å². The van der Waals surface area contributed by atoms with Gasteiger partial charge in [0.25, 0.3) is 0 Å². The highest BCUT2D eigenvalue weighted by molar-refractivity contribution is 6.30. The number of amides is 2. The fourth-order valence-electron chi connectivity index (χ4n) is 2.38. The zero-order chi connectivity index (χ0) is 14.5. The number of aryl methyl sites for hydroxylation is 1. The van der Waals surface area contributed by atoms with Crippen molar-refractivity contribution in [1.29, 1.82) is 0 Å². The average Bonchev–Trinajstić information content (AvgIpc) is 2.58. The fraction of sp³-hybridized carbons (Fsp3) is 0.467. The van der Waals surface area contributed by atoms with Crippen LogP contribution in [-0.2, 0) is 16.0 Å². The molecule has 5 heteroatoms. The second-order valence-electron chi connectivity index (χ2n) is 5.19. The molecule has 1 aliphatic rings. The van der Waals surface area contributed by atoms with Crippen LogP contribution in [0.15, 0.2) is 18.2 Å². The molecule has 0 radical (unpaired) electrons. The van der Waals surface area contributed by atoms with Crippen molar-refractivity contribution in [2.75, 3.05) is 6.54 Å². The average molecular weight is 295 g/mol. The summed E-state index contributed by atoms with van der Waals surface area (Å²) in [7, 11) is 0. The predicted octanol–water partition coefficient (Wildman–Crippen LogP) is 1.98. The molecule has 1 aromatic rings. The Hall–Kier alpha value is -1.55. The molecule has 1 saturated heterocycles. The summed E-state index contributed by atoms with van der Waals surface area (Å²) in [5.41, 5.74) is 2.00. The molecule has 2 N–H and O–H groups in total. The summed E-state index contributed by atoms with van der Waals surface area (Å²) in [6.07, 6.45) is 2.32. The van der Waals surface area contributed by atoms with Crippen molar-refractivity contribution in [1.82, 2.24) is 10.6 Å². The Kier molecular flexibility index (Phi) is 5.01. The number of nitrogens with one attached hydrogen (secondary N) is 2. The van der Waals surface area contributed by atoms with Crippen molar-refractivity contribution in [2.45, 2.75) is 38.6 Å².